The molecule has 0 saturated heterocycles. The van der Waals surface area contributed by atoms with Crippen molar-refractivity contribution in [3.8, 4) is 37.0 Å². The fourth-order valence-electron chi connectivity index (χ4n) is 3.59. The highest BCUT2D eigenvalue weighted by atomic mass is 14.8. The lowest BCUT2D eigenvalue weighted by molar-refractivity contribution is 1.25. The number of aromatic nitrogens is 4. The number of nitrogens with zero attached hydrogens (tertiary/aromatic N) is 2. The van der Waals surface area contributed by atoms with Gasteiger partial charge in [0.25, 0.3) is 0 Å². The maximum Gasteiger partial charge on any atom is 0.0816 e. The lowest BCUT2D eigenvalue weighted by Gasteiger charge is -1.96. The second-order valence-electron chi connectivity index (χ2n) is 6.79. The van der Waals surface area contributed by atoms with Crippen LogP contribution in [0.4, 0.5) is 0 Å². The molecule has 2 aliphatic heterocycles. The topological polar surface area (TPSA) is 57.4 Å². The van der Waals surface area contributed by atoms with Gasteiger partial charge in [0.15, 0.2) is 0 Å². The number of hydrogen-bond donors (Lipinski definition) is 2. The molecule has 0 unspecified atom stereocenters. The van der Waals surface area contributed by atoms with Crippen molar-refractivity contribution in [1.29, 1.82) is 0 Å². The summed E-state index contributed by atoms with van der Waals surface area (Å²) in [5.74, 6) is 8.20. The molecule has 8 bridgehead atoms. The van der Waals surface area contributed by atoms with Crippen LogP contribution >= 0.6 is 0 Å². The molecular formula is C26H14N4. The first-order valence-electron chi connectivity index (χ1n) is 9.23. The van der Waals surface area contributed by atoms with Gasteiger partial charge in [-0.1, -0.05) is 17.8 Å². The number of nitrogens with one attached hydrogen (secondary N) is 2. The molecule has 0 radical (unpaired) electrons. The molecule has 2 aliphatic rings. The van der Waals surface area contributed by atoms with Crippen molar-refractivity contribution in [2.24, 2.45) is 0 Å². The maximum atomic E-state index is 5.81. The van der Waals surface area contributed by atoms with E-state index in [1.807, 2.05) is 54.6 Å². The predicted octanol–water partition coefficient (Wildman–Crippen LogP) is 4.60. The van der Waals surface area contributed by atoms with Crippen LogP contribution in [-0.4, -0.2) is 19.9 Å². The first kappa shape index (κ1) is 17.4. The van der Waals surface area contributed by atoms with Crippen molar-refractivity contribution in [2.75, 3.05) is 0 Å². The van der Waals surface area contributed by atoms with Crippen LogP contribution in [-0.2, 0) is 0 Å². The van der Waals surface area contributed by atoms with Crippen molar-refractivity contribution >= 4 is 46.4 Å². The molecule has 0 fully saturated rings. The first-order chi connectivity index (χ1) is 14.7. The predicted molar refractivity (Wildman–Crippen MR) is 123 cm³/mol. The molecule has 138 valence electrons. The molecule has 4 heteroatoms. The van der Waals surface area contributed by atoms with Gasteiger partial charge in [-0.25, -0.2) is 9.97 Å². The van der Waals surface area contributed by atoms with Crippen molar-refractivity contribution < 1.29 is 0 Å². The number of rotatable bonds is 0. The van der Waals surface area contributed by atoms with Crippen molar-refractivity contribution in [3.05, 3.63) is 69.8 Å². The van der Waals surface area contributed by atoms with E-state index in [9.17, 15) is 0 Å². The third-order valence-corrected chi connectivity index (χ3v) is 5.00. The minimum atomic E-state index is 0.583. The zero-order chi connectivity index (χ0) is 20.7. The molecule has 0 spiro atoms. The molecule has 0 aromatic carbocycles. The Morgan fingerprint density at radius 3 is 1.37 bits per heavy atom. The molecule has 3 aromatic heterocycles. The molecule has 0 aliphatic carbocycles. The van der Waals surface area contributed by atoms with Gasteiger partial charge in [0.1, 0.15) is 0 Å². The summed E-state index contributed by atoms with van der Waals surface area (Å²) in [5, 5.41) is 0. The number of hydrogen-bond acceptors (Lipinski definition) is 2. The van der Waals surface area contributed by atoms with E-state index < -0.39 is 0 Å². The van der Waals surface area contributed by atoms with Crippen LogP contribution in [0.25, 0.3) is 46.4 Å². The summed E-state index contributed by atoms with van der Waals surface area (Å²) in [6, 6.07) is 9.79. The highest BCUT2D eigenvalue weighted by molar-refractivity contribution is 5.85. The average molecular weight is 382 g/mol. The minimum Gasteiger partial charge on any atom is -0.354 e. The Hall–Kier alpha value is -4.72. The summed E-state index contributed by atoms with van der Waals surface area (Å²) in [4.78, 5) is 16.0. The molecule has 0 atom stereocenters. The van der Waals surface area contributed by atoms with Crippen molar-refractivity contribution in [1.82, 2.24) is 19.9 Å². The van der Waals surface area contributed by atoms with Crippen LogP contribution < -0.4 is 0 Å². The quantitative estimate of drug-likeness (QED) is 0.385. The SMILES string of the molecule is C#Cc1c2nc(c(C#C)c3ccc(cc4ccc([nH]4)c(C#C)c4nc1C=C4)[nH]3)C=C2. The molecule has 0 amide bonds. The Kier molecular flexibility index (Phi) is 3.89. The smallest absolute Gasteiger partial charge is 0.0816 e. The van der Waals surface area contributed by atoms with Crippen LogP contribution in [0.3, 0.4) is 0 Å². The fraction of sp³-hybridized carbons (Fsp3) is 0. The molecule has 2 N–H and O–H groups in total. The first-order valence-corrected chi connectivity index (χ1v) is 9.23. The van der Waals surface area contributed by atoms with Gasteiger partial charge < -0.3 is 9.97 Å². The summed E-state index contributed by atoms with van der Waals surface area (Å²) in [6.07, 6.45) is 24.9. The Labute approximate surface area is 173 Å². The molecule has 0 saturated carbocycles. The van der Waals surface area contributed by atoms with E-state index in [1.165, 1.54) is 0 Å². The molecule has 4 nitrogen and oxygen atoms in total. The zero-order valence-electron chi connectivity index (χ0n) is 15.8. The lowest BCUT2D eigenvalue weighted by atomic mass is 10.1. The average Bonchev–Trinajstić information content (AvgIpc) is 3.53. The molecule has 5 rings (SSSR count). The Bertz CT molecular complexity index is 1460. The van der Waals surface area contributed by atoms with Crippen LogP contribution in [0, 0.1) is 37.0 Å². The van der Waals surface area contributed by atoms with Crippen molar-refractivity contribution in [3.63, 3.8) is 0 Å². The highest BCUT2D eigenvalue weighted by Crippen LogP contribution is 2.25. The monoisotopic (exact) mass is 382 g/mol. The summed E-state index contributed by atoms with van der Waals surface area (Å²) < 4.78 is 0. The molecule has 30 heavy (non-hydrogen) atoms. The van der Waals surface area contributed by atoms with Gasteiger partial charge in [-0.3, -0.25) is 0 Å². The van der Waals surface area contributed by atoms with Crippen molar-refractivity contribution in [2.45, 2.75) is 0 Å². The van der Waals surface area contributed by atoms with Crippen LogP contribution in [0.5, 0.6) is 0 Å². The van der Waals surface area contributed by atoms with Gasteiger partial charge in [0.05, 0.1) is 50.5 Å². The van der Waals surface area contributed by atoms with Gasteiger partial charge >= 0.3 is 0 Å². The Morgan fingerprint density at radius 1 is 0.567 bits per heavy atom. The van der Waals surface area contributed by atoms with E-state index in [-0.39, 0.29) is 0 Å². The number of H-pyrrole nitrogens is 2. The van der Waals surface area contributed by atoms with Crippen LogP contribution in [0.15, 0.2) is 30.3 Å². The Morgan fingerprint density at radius 2 is 0.967 bits per heavy atom. The standard InChI is InChI=1S/C26H14N4/c1-4-18-21-9-7-16(27-21)15-17-8-10-22(28-17)19(5-2)24-12-14-26(30-24)20(6-3)25-13-11-23(18)29-25/h1-3,7-15,27-28H. The highest BCUT2D eigenvalue weighted by Gasteiger charge is 2.13. The van der Waals surface area contributed by atoms with E-state index in [4.69, 9.17) is 19.3 Å². The van der Waals surface area contributed by atoms with E-state index in [1.54, 1.807) is 0 Å². The fourth-order valence-corrected chi connectivity index (χ4v) is 3.59. The van der Waals surface area contributed by atoms with Gasteiger partial charge in [-0.2, -0.15) is 0 Å². The number of aromatic amines is 2. The summed E-state index contributed by atoms with van der Waals surface area (Å²) in [6.45, 7) is 0. The minimum absolute atomic E-state index is 0.583. The second-order valence-corrected chi connectivity index (χ2v) is 6.79. The van der Waals surface area contributed by atoms with Gasteiger partial charge in [-0.05, 0) is 54.6 Å². The summed E-state index contributed by atoms with van der Waals surface area (Å²) in [5.41, 5.74) is 7.94. The van der Waals surface area contributed by atoms with Crippen LogP contribution in [0.1, 0.15) is 39.5 Å². The van der Waals surface area contributed by atoms with E-state index >= 15 is 0 Å². The molecule has 3 aromatic rings. The van der Waals surface area contributed by atoms with E-state index in [0.717, 1.165) is 22.1 Å². The zero-order valence-corrected chi connectivity index (χ0v) is 15.8. The third-order valence-electron chi connectivity index (χ3n) is 5.00. The largest absolute Gasteiger partial charge is 0.354 e. The van der Waals surface area contributed by atoms with E-state index in [2.05, 4.69) is 37.7 Å². The number of fused-ring (bicyclic) bond motifs is 8. The van der Waals surface area contributed by atoms with Gasteiger partial charge in [0.2, 0.25) is 0 Å². The normalized spacial score (nSPS) is 11.6. The van der Waals surface area contributed by atoms with E-state index in [0.29, 0.717) is 39.5 Å². The maximum absolute atomic E-state index is 5.81. The van der Waals surface area contributed by atoms with Gasteiger partial charge in [-0.15, -0.1) is 19.3 Å². The molecular weight excluding hydrogens is 368 g/mol. The third kappa shape index (κ3) is 2.71. The Balaban J connectivity index is 2.00. The summed E-state index contributed by atoms with van der Waals surface area (Å²) >= 11 is 0. The summed E-state index contributed by atoms with van der Waals surface area (Å²) in [7, 11) is 0. The second kappa shape index (κ2) is 6.71. The number of terminal acetylenes is 3. The van der Waals surface area contributed by atoms with Crippen LogP contribution in [0.2, 0.25) is 0 Å². The lowest BCUT2D eigenvalue weighted by Crippen LogP contribution is -1.90. The molecule has 5 heterocycles. The van der Waals surface area contributed by atoms with Gasteiger partial charge in [0, 0.05) is 11.0 Å².